The van der Waals surface area contributed by atoms with Gasteiger partial charge >= 0.3 is 0 Å². The number of allylic oxidation sites excluding steroid dienone is 1. The van der Waals surface area contributed by atoms with Crippen LogP contribution in [0.15, 0.2) is 144 Å². The molecule has 3 N–H and O–H groups in total. The van der Waals surface area contributed by atoms with Gasteiger partial charge in [0.15, 0.2) is 5.58 Å². The molecule has 6 heteroatoms. The summed E-state index contributed by atoms with van der Waals surface area (Å²) in [6, 6.07) is 48.0. The molecule has 0 bridgehead atoms. The van der Waals surface area contributed by atoms with Crippen molar-refractivity contribution < 1.29 is 4.42 Å². The molecule has 3 unspecified atom stereocenters. The predicted molar refractivity (Wildman–Crippen MR) is 212 cm³/mol. The van der Waals surface area contributed by atoms with Crippen molar-refractivity contribution in [1.29, 1.82) is 0 Å². The molecular weight excluding hydrogens is 645 g/mol. The van der Waals surface area contributed by atoms with E-state index in [1.807, 2.05) is 11.3 Å². The molecule has 11 rings (SSSR count). The van der Waals surface area contributed by atoms with Crippen molar-refractivity contribution in [3.63, 3.8) is 0 Å². The number of rotatable bonds is 4. The zero-order valence-electron chi connectivity index (χ0n) is 27.8. The van der Waals surface area contributed by atoms with E-state index in [0.717, 1.165) is 34.8 Å². The molecule has 51 heavy (non-hydrogen) atoms. The van der Waals surface area contributed by atoms with Gasteiger partial charge in [-0.2, -0.15) is 0 Å². The lowest BCUT2D eigenvalue weighted by Gasteiger charge is -2.41. The molecule has 1 aliphatic carbocycles. The van der Waals surface area contributed by atoms with Crippen molar-refractivity contribution in [2.75, 3.05) is 0 Å². The number of hydrogen-bond acceptors (Lipinski definition) is 5. The highest BCUT2D eigenvalue weighted by atomic mass is 32.1. The number of nitrogens with one attached hydrogen (secondary N) is 3. The van der Waals surface area contributed by atoms with Gasteiger partial charge in [-0.25, -0.2) is 0 Å². The van der Waals surface area contributed by atoms with E-state index in [1.54, 1.807) is 0 Å². The van der Waals surface area contributed by atoms with E-state index < -0.39 is 0 Å². The van der Waals surface area contributed by atoms with E-state index in [0.29, 0.717) is 0 Å². The van der Waals surface area contributed by atoms with Crippen molar-refractivity contribution in [3.05, 3.63) is 162 Å². The third kappa shape index (κ3) is 4.58. The number of thiophene rings is 1. The Hall–Kier alpha value is -5.50. The number of fused-ring (bicyclic) bond motifs is 10. The molecule has 0 spiro atoms. The molecule has 5 nitrogen and oxygen atoms in total. The van der Waals surface area contributed by atoms with Gasteiger partial charge in [-0.3, -0.25) is 16.0 Å². The zero-order valence-corrected chi connectivity index (χ0v) is 28.6. The third-order valence-electron chi connectivity index (χ3n) is 10.8. The van der Waals surface area contributed by atoms with E-state index in [9.17, 15) is 0 Å². The number of nitrogens with zero attached hydrogens (tertiary/aromatic N) is 1. The van der Waals surface area contributed by atoms with E-state index in [2.05, 4.69) is 166 Å². The first kappa shape index (κ1) is 29.3. The molecule has 2 aliphatic rings. The van der Waals surface area contributed by atoms with Crippen molar-refractivity contribution in [2.24, 2.45) is 0 Å². The van der Waals surface area contributed by atoms with Gasteiger partial charge in [0.05, 0.1) is 22.5 Å². The Balaban J connectivity index is 1.07. The van der Waals surface area contributed by atoms with Gasteiger partial charge in [-0.05, 0) is 65.4 Å². The molecule has 1 saturated heterocycles. The van der Waals surface area contributed by atoms with Crippen molar-refractivity contribution >= 4 is 70.4 Å². The second-order valence-corrected chi connectivity index (χ2v) is 14.7. The van der Waals surface area contributed by atoms with Gasteiger partial charge in [-0.1, -0.05) is 115 Å². The summed E-state index contributed by atoms with van der Waals surface area (Å²) in [6.07, 6.45) is 6.27. The van der Waals surface area contributed by atoms with Crippen LogP contribution in [-0.2, 0) is 6.42 Å². The summed E-state index contributed by atoms with van der Waals surface area (Å²) in [5.41, 5.74) is 10.6. The Morgan fingerprint density at radius 3 is 2.35 bits per heavy atom. The minimum absolute atomic E-state index is 0.0834. The normalized spacial score (nSPS) is 19.1. The predicted octanol–water partition coefficient (Wildman–Crippen LogP) is 11.2. The standard InChI is InChI=1S/C45H34N4OS/c1-3-12-27(13-4-1)29-22-25-39-35(26-29)32-23-24-33-40-34(18-11-21-38(40)50-41(33)42(32)51-39)44-46-43(28-14-5-2-6-15-28)47-45(48-44)49-36-19-9-7-16-30(36)31-17-8-10-20-37(31)49/h1-9,11-19,21-26,43-48H,10,20H2. The summed E-state index contributed by atoms with van der Waals surface area (Å²) in [5.74, 6) is 0. The van der Waals surface area contributed by atoms with Gasteiger partial charge in [0.1, 0.15) is 11.9 Å². The summed E-state index contributed by atoms with van der Waals surface area (Å²) in [6.45, 7) is 0. The van der Waals surface area contributed by atoms with E-state index in [-0.39, 0.29) is 18.6 Å². The van der Waals surface area contributed by atoms with Gasteiger partial charge in [0.2, 0.25) is 0 Å². The average molecular weight is 679 g/mol. The van der Waals surface area contributed by atoms with Crippen LogP contribution in [-0.4, -0.2) is 4.57 Å². The summed E-state index contributed by atoms with van der Waals surface area (Å²) in [7, 11) is 0. The Morgan fingerprint density at radius 2 is 1.45 bits per heavy atom. The highest BCUT2D eigenvalue weighted by Gasteiger charge is 2.34. The van der Waals surface area contributed by atoms with Crippen molar-refractivity contribution in [1.82, 2.24) is 20.5 Å². The lowest BCUT2D eigenvalue weighted by molar-refractivity contribution is 0.156. The number of benzene rings is 6. The van der Waals surface area contributed by atoms with Crippen molar-refractivity contribution in [2.45, 2.75) is 31.5 Å². The molecule has 4 heterocycles. The third-order valence-corrected chi connectivity index (χ3v) is 12.0. The fraction of sp³-hybridized carbons (Fsp3) is 0.111. The molecule has 0 saturated carbocycles. The number of para-hydroxylation sites is 1. The van der Waals surface area contributed by atoms with Crippen LogP contribution >= 0.6 is 11.3 Å². The molecule has 9 aromatic rings. The fourth-order valence-corrected chi connectivity index (χ4v) is 9.66. The van der Waals surface area contributed by atoms with Gasteiger partial charge < -0.3 is 8.98 Å². The van der Waals surface area contributed by atoms with E-state index >= 15 is 0 Å². The summed E-state index contributed by atoms with van der Waals surface area (Å²) in [5, 5.41) is 18.0. The maximum atomic E-state index is 6.81. The second kappa shape index (κ2) is 11.5. The first-order chi connectivity index (χ1) is 25.3. The largest absolute Gasteiger partial charge is 0.455 e. The first-order valence-electron chi connectivity index (χ1n) is 17.8. The Morgan fingerprint density at radius 1 is 0.647 bits per heavy atom. The van der Waals surface area contributed by atoms with Gasteiger partial charge in [-0.15, -0.1) is 11.3 Å². The topological polar surface area (TPSA) is 54.2 Å². The van der Waals surface area contributed by atoms with Crippen LogP contribution < -0.4 is 16.0 Å². The Labute approximate surface area is 298 Å². The smallest absolute Gasteiger partial charge is 0.153 e. The molecule has 6 aromatic carbocycles. The number of furan rings is 1. The summed E-state index contributed by atoms with van der Waals surface area (Å²) >= 11 is 1.82. The first-order valence-corrected chi connectivity index (χ1v) is 18.6. The van der Waals surface area contributed by atoms with Crippen LogP contribution in [0.25, 0.3) is 70.2 Å². The van der Waals surface area contributed by atoms with E-state index in [1.165, 1.54) is 64.6 Å². The average Bonchev–Trinajstić information content (AvgIpc) is 3.88. The Kier molecular flexibility index (Phi) is 6.61. The summed E-state index contributed by atoms with van der Waals surface area (Å²) in [4.78, 5) is 0. The lowest BCUT2D eigenvalue weighted by Crippen LogP contribution is -2.56. The Bertz CT molecular complexity index is 2810. The van der Waals surface area contributed by atoms with Gasteiger partial charge in [0.25, 0.3) is 0 Å². The molecule has 1 fully saturated rings. The number of aromatic nitrogens is 1. The van der Waals surface area contributed by atoms with Gasteiger partial charge in [0, 0.05) is 42.9 Å². The van der Waals surface area contributed by atoms with Crippen LogP contribution in [0.4, 0.5) is 0 Å². The molecular formula is C45H34N4OS. The SMILES string of the molecule is C1=Cc2c(n(C3NC(c4ccccc4)NC(c4cccc5oc6c(ccc7c8cc(-c9ccccc9)ccc8sc76)c45)N3)c3ccccc23)CC1. The lowest BCUT2D eigenvalue weighted by atomic mass is 10.0. The van der Waals surface area contributed by atoms with Crippen molar-refractivity contribution in [3.8, 4) is 11.1 Å². The van der Waals surface area contributed by atoms with Crippen LogP contribution in [0.1, 0.15) is 47.4 Å². The molecule has 3 atom stereocenters. The maximum Gasteiger partial charge on any atom is 0.153 e. The quantitative estimate of drug-likeness (QED) is 0.173. The van der Waals surface area contributed by atoms with E-state index in [4.69, 9.17) is 4.42 Å². The second-order valence-electron chi connectivity index (χ2n) is 13.7. The molecule has 0 radical (unpaired) electrons. The van der Waals surface area contributed by atoms with Crippen LogP contribution in [0.5, 0.6) is 0 Å². The van der Waals surface area contributed by atoms with Crippen LogP contribution in [0.3, 0.4) is 0 Å². The van der Waals surface area contributed by atoms with Crippen LogP contribution in [0.2, 0.25) is 0 Å². The fourth-order valence-electron chi connectivity index (χ4n) is 8.49. The van der Waals surface area contributed by atoms with Crippen LogP contribution in [0, 0.1) is 0 Å². The number of hydrogen-bond donors (Lipinski definition) is 3. The molecule has 3 aromatic heterocycles. The molecule has 246 valence electrons. The zero-order chi connectivity index (χ0) is 33.5. The minimum atomic E-state index is -0.159. The maximum absolute atomic E-state index is 6.81. The molecule has 1 aliphatic heterocycles. The monoisotopic (exact) mass is 678 g/mol. The highest BCUT2D eigenvalue weighted by Crippen LogP contribution is 2.45. The highest BCUT2D eigenvalue weighted by molar-refractivity contribution is 7.26. The molecule has 0 amide bonds. The summed E-state index contributed by atoms with van der Waals surface area (Å²) < 4.78 is 11.8. The minimum Gasteiger partial charge on any atom is -0.455 e.